The number of amides is 1. The van der Waals surface area contributed by atoms with Crippen LogP contribution in [0.3, 0.4) is 0 Å². The van der Waals surface area contributed by atoms with Crippen LogP contribution < -0.4 is 0 Å². The van der Waals surface area contributed by atoms with Gasteiger partial charge in [-0.2, -0.15) is 0 Å². The van der Waals surface area contributed by atoms with Crippen molar-refractivity contribution in [1.82, 2.24) is 9.88 Å². The highest BCUT2D eigenvalue weighted by molar-refractivity contribution is 5.79. The number of nitrogens with zero attached hydrogens (tertiary/aromatic N) is 2. The molecule has 4 nitrogen and oxygen atoms in total. The normalized spacial score (nSPS) is 11.2. The monoisotopic (exact) mass is 222 g/mol. The predicted molar refractivity (Wildman–Crippen MR) is 61.9 cm³/mol. The summed E-state index contributed by atoms with van der Waals surface area (Å²) >= 11 is 0. The first kappa shape index (κ1) is 12.6. The first-order valence-corrected chi connectivity index (χ1v) is 5.24. The first-order chi connectivity index (χ1) is 7.47. The van der Waals surface area contributed by atoms with E-state index in [1.54, 1.807) is 24.3 Å². The zero-order chi connectivity index (χ0) is 12.2. The van der Waals surface area contributed by atoms with Gasteiger partial charge in [0.15, 0.2) is 0 Å². The predicted octanol–water partition coefficient (Wildman–Crippen LogP) is 0.853. The standard InChI is InChI=1S/C12H18N2O2/c1-12(2,9-15)14(3)11(16)8-10-4-6-13-7-5-10/h4-7,15H,8-9H2,1-3H3. The molecule has 1 aromatic heterocycles. The van der Waals surface area contributed by atoms with Crippen LogP contribution in [0.2, 0.25) is 0 Å². The Morgan fingerprint density at radius 3 is 2.50 bits per heavy atom. The van der Waals surface area contributed by atoms with Crippen molar-refractivity contribution in [1.29, 1.82) is 0 Å². The molecule has 0 aromatic carbocycles. The lowest BCUT2D eigenvalue weighted by atomic mass is 10.0. The number of hydrogen-bond donors (Lipinski definition) is 1. The molecule has 1 heterocycles. The molecular formula is C12H18N2O2. The fourth-order valence-corrected chi connectivity index (χ4v) is 1.24. The van der Waals surface area contributed by atoms with Crippen molar-refractivity contribution in [2.75, 3.05) is 13.7 Å². The van der Waals surface area contributed by atoms with E-state index in [1.165, 1.54) is 0 Å². The average Bonchev–Trinajstić information content (AvgIpc) is 2.29. The highest BCUT2D eigenvalue weighted by Gasteiger charge is 2.26. The van der Waals surface area contributed by atoms with E-state index in [1.807, 2.05) is 26.0 Å². The fraction of sp³-hybridized carbons (Fsp3) is 0.500. The van der Waals surface area contributed by atoms with Gasteiger partial charge in [0, 0.05) is 19.4 Å². The summed E-state index contributed by atoms with van der Waals surface area (Å²) in [4.78, 5) is 17.4. The zero-order valence-electron chi connectivity index (χ0n) is 9.97. The summed E-state index contributed by atoms with van der Waals surface area (Å²) in [6, 6.07) is 3.63. The third kappa shape index (κ3) is 3.03. The minimum atomic E-state index is -0.524. The molecule has 0 bridgehead atoms. The number of pyridine rings is 1. The van der Waals surface area contributed by atoms with Crippen molar-refractivity contribution in [2.24, 2.45) is 0 Å². The lowest BCUT2D eigenvalue weighted by molar-refractivity contribution is -0.135. The van der Waals surface area contributed by atoms with Crippen molar-refractivity contribution in [3.05, 3.63) is 30.1 Å². The molecule has 0 aliphatic rings. The van der Waals surface area contributed by atoms with Crippen LogP contribution in [0.4, 0.5) is 0 Å². The molecule has 0 aliphatic heterocycles. The lowest BCUT2D eigenvalue weighted by Crippen LogP contribution is -2.48. The number of likely N-dealkylation sites (N-methyl/N-ethyl adjacent to an activating group) is 1. The van der Waals surface area contributed by atoms with E-state index in [2.05, 4.69) is 4.98 Å². The Balaban J connectivity index is 2.66. The summed E-state index contributed by atoms with van der Waals surface area (Å²) in [7, 11) is 1.71. The molecule has 0 radical (unpaired) electrons. The van der Waals surface area contributed by atoms with Crippen LogP contribution in [-0.2, 0) is 11.2 Å². The Morgan fingerprint density at radius 1 is 1.44 bits per heavy atom. The third-order valence-corrected chi connectivity index (χ3v) is 2.77. The molecule has 1 N–H and O–H groups in total. The van der Waals surface area contributed by atoms with Crippen molar-refractivity contribution in [3.63, 3.8) is 0 Å². The number of hydrogen-bond acceptors (Lipinski definition) is 3. The molecule has 1 amide bonds. The molecule has 0 aliphatic carbocycles. The van der Waals surface area contributed by atoms with Gasteiger partial charge in [-0.3, -0.25) is 9.78 Å². The van der Waals surface area contributed by atoms with Gasteiger partial charge < -0.3 is 10.0 Å². The van der Waals surface area contributed by atoms with E-state index in [0.29, 0.717) is 6.42 Å². The van der Waals surface area contributed by atoms with Gasteiger partial charge in [0.25, 0.3) is 0 Å². The second kappa shape index (κ2) is 5.07. The second-order valence-electron chi connectivity index (χ2n) is 4.46. The van der Waals surface area contributed by atoms with Crippen LogP contribution in [0.15, 0.2) is 24.5 Å². The molecule has 1 rings (SSSR count). The Morgan fingerprint density at radius 2 is 2.00 bits per heavy atom. The minimum absolute atomic E-state index is 0.00903. The molecule has 4 heteroatoms. The average molecular weight is 222 g/mol. The second-order valence-corrected chi connectivity index (χ2v) is 4.46. The van der Waals surface area contributed by atoms with E-state index in [9.17, 15) is 9.90 Å². The SMILES string of the molecule is CN(C(=O)Cc1ccncc1)C(C)(C)CO. The van der Waals surface area contributed by atoms with Gasteiger partial charge in [0.05, 0.1) is 18.6 Å². The molecule has 88 valence electrons. The smallest absolute Gasteiger partial charge is 0.227 e. The number of carbonyl (C=O) groups excluding carboxylic acids is 1. The van der Waals surface area contributed by atoms with Gasteiger partial charge in [0.1, 0.15) is 0 Å². The summed E-state index contributed by atoms with van der Waals surface area (Å²) in [5.74, 6) is -0.00903. The molecule has 0 saturated carbocycles. The molecule has 0 fully saturated rings. The molecule has 0 unspecified atom stereocenters. The van der Waals surface area contributed by atoms with Gasteiger partial charge in [-0.15, -0.1) is 0 Å². The van der Waals surface area contributed by atoms with Crippen LogP contribution in [0.5, 0.6) is 0 Å². The fourth-order valence-electron chi connectivity index (χ4n) is 1.24. The third-order valence-electron chi connectivity index (χ3n) is 2.77. The molecular weight excluding hydrogens is 204 g/mol. The summed E-state index contributed by atoms with van der Waals surface area (Å²) in [5, 5.41) is 9.18. The molecule has 1 aromatic rings. The largest absolute Gasteiger partial charge is 0.394 e. The Bertz CT molecular complexity index is 349. The Hall–Kier alpha value is -1.42. The molecule has 0 atom stereocenters. The summed E-state index contributed by atoms with van der Waals surface area (Å²) in [5.41, 5.74) is 0.407. The van der Waals surface area contributed by atoms with Crippen LogP contribution in [0.25, 0.3) is 0 Å². The number of carbonyl (C=O) groups is 1. The maximum atomic E-state index is 11.9. The highest BCUT2D eigenvalue weighted by Crippen LogP contribution is 2.13. The van der Waals surface area contributed by atoms with Crippen LogP contribution >= 0.6 is 0 Å². The minimum Gasteiger partial charge on any atom is -0.394 e. The van der Waals surface area contributed by atoms with Gasteiger partial charge in [0.2, 0.25) is 5.91 Å². The zero-order valence-corrected chi connectivity index (χ0v) is 9.97. The van der Waals surface area contributed by atoms with E-state index in [0.717, 1.165) is 5.56 Å². The molecule has 16 heavy (non-hydrogen) atoms. The van der Waals surface area contributed by atoms with Crippen molar-refractivity contribution >= 4 is 5.91 Å². The Kier molecular flexibility index (Phi) is 4.01. The molecule has 0 saturated heterocycles. The van der Waals surface area contributed by atoms with Crippen molar-refractivity contribution in [3.8, 4) is 0 Å². The maximum Gasteiger partial charge on any atom is 0.227 e. The first-order valence-electron chi connectivity index (χ1n) is 5.24. The molecule has 0 spiro atoms. The van der Waals surface area contributed by atoms with Crippen molar-refractivity contribution < 1.29 is 9.90 Å². The number of rotatable bonds is 4. The topological polar surface area (TPSA) is 53.4 Å². The van der Waals surface area contributed by atoms with E-state index >= 15 is 0 Å². The van der Waals surface area contributed by atoms with Gasteiger partial charge in [-0.25, -0.2) is 0 Å². The maximum absolute atomic E-state index is 11.9. The van der Waals surface area contributed by atoms with E-state index in [4.69, 9.17) is 0 Å². The number of aromatic nitrogens is 1. The van der Waals surface area contributed by atoms with E-state index < -0.39 is 5.54 Å². The summed E-state index contributed by atoms with van der Waals surface area (Å²) < 4.78 is 0. The van der Waals surface area contributed by atoms with Crippen LogP contribution in [0.1, 0.15) is 19.4 Å². The van der Waals surface area contributed by atoms with Crippen molar-refractivity contribution in [2.45, 2.75) is 25.8 Å². The summed E-state index contributed by atoms with van der Waals surface area (Å²) in [6.07, 6.45) is 3.67. The number of aliphatic hydroxyl groups is 1. The van der Waals surface area contributed by atoms with Crippen LogP contribution in [0, 0.1) is 0 Å². The highest BCUT2D eigenvalue weighted by atomic mass is 16.3. The van der Waals surface area contributed by atoms with E-state index in [-0.39, 0.29) is 12.5 Å². The van der Waals surface area contributed by atoms with Gasteiger partial charge in [-0.1, -0.05) is 0 Å². The van der Waals surface area contributed by atoms with Gasteiger partial charge >= 0.3 is 0 Å². The lowest BCUT2D eigenvalue weighted by Gasteiger charge is -2.34. The number of aliphatic hydroxyl groups excluding tert-OH is 1. The quantitative estimate of drug-likeness (QED) is 0.821. The van der Waals surface area contributed by atoms with Crippen LogP contribution in [-0.4, -0.2) is 40.1 Å². The van der Waals surface area contributed by atoms with Gasteiger partial charge in [-0.05, 0) is 31.5 Å². The Labute approximate surface area is 95.9 Å². The summed E-state index contributed by atoms with van der Waals surface area (Å²) in [6.45, 7) is 3.61.